The molecule has 0 aliphatic heterocycles. The Labute approximate surface area is 173 Å². The zero-order valence-corrected chi connectivity index (χ0v) is 22.2. The molecule has 3 nitrogen and oxygen atoms in total. The summed E-state index contributed by atoms with van der Waals surface area (Å²) in [7, 11) is 1.46. The summed E-state index contributed by atoms with van der Waals surface area (Å²) in [6.45, 7) is 15.3. The van der Waals surface area contributed by atoms with Gasteiger partial charge in [-0.1, -0.05) is 0 Å². The third-order valence-electron chi connectivity index (χ3n) is 6.47. The van der Waals surface area contributed by atoms with Crippen LogP contribution in [0.3, 0.4) is 0 Å². The van der Waals surface area contributed by atoms with Crippen molar-refractivity contribution in [2.24, 2.45) is 5.92 Å². The molecule has 160 valence electrons. The second kappa shape index (κ2) is 13.2. The molecule has 4 heteroatoms. The molecule has 0 saturated heterocycles. The molecule has 2 unspecified atom stereocenters. The number of carbonyl (C=O) groups is 1. The number of aliphatic hydroxyl groups excluding tert-OH is 1. The van der Waals surface area contributed by atoms with Crippen LogP contribution < -0.4 is 0 Å². The molecular formula is C23H46O3Sn. The van der Waals surface area contributed by atoms with Crippen LogP contribution in [0.2, 0.25) is 16.7 Å². The van der Waals surface area contributed by atoms with Crippen LogP contribution in [0.5, 0.6) is 0 Å². The molecule has 0 aliphatic carbocycles. The van der Waals surface area contributed by atoms with E-state index >= 15 is 0 Å². The predicted octanol–water partition coefficient (Wildman–Crippen LogP) is 6.73. The van der Waals surface area contributed by atoms with Gasteiger partial charge in [0.05, 0.1) is 0 Å². The van der Waals surface area contributed by atoms with E-state index in [4.69, 9.17) is 4.74 Å². The normalized spacial score (nSPS) is 14.6. The van der Waals surface area contributed by atoms with Crippen LogP contribution >= 0.6 is 0 Å². The van der Waals surface area contributed by atoms with Crippen molar-refractivity contribution in [2.45, 2.75) is 110 Å². The summed E-state index contributed by atoms with van der Waals surface area (Å²) in [6, 6.07) is 0. The van der Waals surface area contributed by atoms with E-state index in [1.165, 1.54) is 58.9 Å². The fourth-order valence-corrected chi connectivity index (χ4v) is 23.8. The minimum atomic E-state index is -2.79. The van der Waals surface area contributed by atoms with E-state index < -0.39 is 30.4 Å². The number of methoxy groups -OCH3 is 1. The second-order valence-electron chi connectivity index (χ2n) is 9.05. The topological polar surface area (TPSA) is 46.5 Å². The van der Waals surface area contributed by atoms with Gasteiger partial charge < -0.3 is 0 Å². The first-order valence-electron chi connectivity index (χ1n) is 11.0. The molecule has 0 aliphatic rings. The van der Waals surface area contributed by atoms with E-state index in [2.05, 4.69) is 34.6 Å². The molecule has 2 atom stereocenters. The molecule has 0 amide bonds. The maximum absolute atomic E-state index is 12.9. The van der Waals surface area contributed by atoms with Gasteiger partial charge in [-0.2, -0.15) is 0 Å². The Morgan fingerprint density at radius 2 is 1.41 bits per heavy atom. The maximum atomic E-state index is 12.9. The summed E-state index contributed by atoms with van der Waals surface area (Å²) in [4.78, 5) is 12.9. The Morgan fingerprint density at radius 1 is 1.00 bits per heavy atom. The molecule has 0 radical (unpaired) electrons. The predicted molar refractivity (Wildman–Crippen MR) is 120 cm³/mol. The number of carbonyl (C=O) groups excluding carboxylic acids is 1. The zero-order chi connectivity index (χ0) is 21.1. The van der Waals surface area contributed by atoms with Crippen molar-refractivity contribution in [3.63, 3.8) is 0 Å². The molecule has 0 saturated carbocycles. The Hall–Kier alpha value is -0.0313. The molecule has 0 aromatic heterocycles. The number of hydrogen-bond acceptors (Lipinski definition) is 3. The first-order chi connectivity index (χ1) is 12.6. The van der Waals surface area contributed by atoms with E-state index in [9.17, 15) is 9.90 Å². The summed E-state index contributed by atoms with van der Waals surface area (Å²) in [5, 5.41) is 11.0. The monoisotopic (exact) mass is 490 g/mol. The molecule has 0 fully saturated rings. The van der Waals surface area contributed by atoms with Gasteiger partial charge in [0.15, 0.2) is 0 Å². The molecule has 1 N–H and O–H groups in total. The zero-order valence-electron chi connectivity index (χ0n) is 19.4. The summed E-state index contributed by atoms with van der Waals surface area (Å²) in [5.74, 6) is -0.700. The SMILES string of the molecule is CCC[CH2][Sn]([CH2]CCC)([CH2]CCC)[C](C)(C)C(C(=O)OC)C(O)C=C(C)C. The first kappa shape index (κ1) is 27.0. The molecule has 0 heterocycles. The third-order valence-corrected chi connectivity index (χ3v) is 26.4. The van der Waals surface area contributed by atoms with E-state index in [-0.39, 0.29) is 9.40 Å². The van der Waals surface area contributed by atoms with Crippen LogP contribution in [-0.2, 0) is 9.53 Å². The van der Waals surface area contributed by atoms with Crippen molar-refractivity contribution in [3.05, 3.63) is 11.6 Å². The second-order valence-corrected chi connectivity index (χ2v) is 24.3. The van der Waals surface area contributed by atoms with Gasteiger partial charge in [-0.25, -0.2) is 0 Å². The van der Waals surface area contributed by atoms with Crippen LogP contribution in [0.25, 0.3) is 0 Å². The van der Waals surface area contributed by atoms with Gasteiger partial charge in [0, 0.05) is 0 Å². The molecule has 0 aromatic carbocycles. The van der Waals surface area contributed by atoms with Gasteiger partial charge in [-0.15, -0.1) is 0 Å². The Bertz CT molecular complexity index is 431. The van der Waals surface area contributed by atoms with Crippen molar-refractivity contribution >= 4 is 24.3 Å². The Morgan fingerprint density at radius 3 is 1.70 bits per heavy atom. The minimum absolute atomic E-state index is 0.146. The van der Waals surface area contributed by atoms with Gasteiger partial charge in [0.1, 0.15) is 0 Å². The summed E-state index contributed by atoms with van der Waals surface area (Å²) in [6.07, 6.45) is 8.43. The molecule has 0 aromatic rings. The van der Waals surface area contributed by atoms with Crippen molar-refractivity contribution in [1.82, 2.24) is 0 Å². The van der Waals surface area contributed by atoms with Crippen molar-refractivity contribution in [2.75, 3.05) is 7.11 Å². The van der Waals surface area contributed by atoms with E-state index in [1.807, 2.05) is 19.9 Å². The van der Waals surface area contributed by atoms with Crippen LogP contribution in [0.4, 0.5) is 0 Å². The Kier molecular flexibility index (Phi) is 13.2. The summed E-state index contributed by atoms with van der Waals surface area (Å²) in [5.41, 5.74) is 1.05. The molecule has 0 bridgehead atoms. The summed E-state index contributed by atoms with van der Waals surface area (Å²) < 4.78 is 9.01. The third kappa shape index (κ3) is 7.72. The van der Waals surface area contributed by atoms with Gasteiger partial charge >= 0.3 is 173 Å². The van der Waals surface area contributed by atoms with Crippen molar-refractivity contribution in [1.29, 1.82) is 0 Å². The number of ether oxygens (including phenoxy) is 1. The standard InChI is InChI=1S/C11H19O3.3C4H9.Sn/c1-7(2)6-9(12)10(8(3)4)11(13)14-5;3*1-3-4-2;/h6,9-10,12H,1-5H3;3*1,3-4H2,2H3;. The molecule has 0 spiro atoms. The fourth-order valence-electron chi connectivity index (χ4n) is 4.64. The van der Waals surface area contributed by atoms with Gasteiger partial charge in [-0.05, 0) is 0 Å². The van der Waals surface area contributed by atoms with Crippen molar-refractivity contribution in [3.8, 4) is 0 Å². The number of hydrogen-bond donors (Lipinski definition) is 1. The fraction of sp³-hybridized carbons (Fsp3) is 0.870. The number of unbranched alkanes of at least 4 members (excludes halogenated alkanes) is 3. The van der Waals surface area contributed by atoms with E-state index in [0.717, 1.165) is 5.57 Å². The van der Waals surface area contributed by atoms with Gasteiger partial charge in [0.25, 0.3) is 0 Å². The Balaban J connectivity index is 6.25. The average molecular weight is 489 g/mol. The summed E-state index contributed by atoms with van der Waals surface area (Å²) >= 11 is -2.79. The number of aliphatic hydroxyl groups is 1. The van der Waals surface area contributed by atoms with Crippen LogP contribution in [0.15, 0.2) is 11.6 Å². The average Bonchev–Trinajstić information content (AvgIpc) is 2.60. The quantitative estimate of drug-likeness (QED) is 0.167. The molecular weight excluding hydrogens is 443 g/mol. The van der Waals surface area contributed by atoms with Crippen LogP contribution in [0.1, 0.15) is 87.0 Å². The van der Waals surface area contributed by atoms with E-state index in [1.54, 1.807) is 0 Å². The van der Waals surface area contributed by atoms with Gasteiger partial charge in [-0.3, -0.25) is 0 Å². The van der Waals surface area contributed by atoms with E-state index in [0.29, 0.717) is 0 Å². The van der Waals surface area contributed by atoms with Gasteiger partial charge in [0.2, 0.25) is 0 Å². The number of rotatable bonds is 14. The first-order valence-corrected chi connectivity index (χ1v) is 18.5. The molecule has 27 heavy (non-hydrogen) atoms. The van der Waals surface area contributed by atoms with Crippen molar-refractivity contribution < 1.29 is 14.6 Å². The number of esters is 1. The number of allylic oxidation sites excluding steroid dienone is 1. The van der Waals surface area contributed by atoms with Crippen LogP contribution in [0, 0.1) is 5.92 Å². The molecule has 0 rings (SSSR count). The van der Waals surface area contributed by atoms with Crippen LogP contribution in [-0.4, -0.2) is 42.7 Å².